The minimum Gasteiger partial charge on any atom is -0.497 e. The van der Waals surface area contributed by atoms with Crippen LogP contribution in [0.4, 0.5) is 0 Å². The molecule has 4 rings (SSSR count). The lowest BCUT2D eigenvalue weighted by Gasteiger charge is -2.32. The number of ether oxygens (including phenoxy) is 2. The van der Waals surface area contributed by atoms with Gasteiger partial charge in [-0.1, -0.05) is 0 Å². The number of rotatable bonds is 3. The van der Waals surface area contributed by atoms with Gasteiger partial charge in [0.2, 0.25) is 0 Å². The van der Waals surface area contributed by atoms with Gasteiger partial charge >= 0.3 is 0 Å². The molecule has 0 spiro atoms. The monoisotopic (exact) mass is 354 g/mol. The molecule has 1 unspecified atom stereocenters. The van der Waals surface area contributed by atoms with Crippen molar-refractivity contribution in [3.8, 4) is 5.75 Å². The van der Waals surface area contributed by atoms with Gasteiger partial charge in [0.05, 0.1) is 31.5 Å². The molecule has 0 saturated carbocycles. The first-order chi connectivity index (χ1) is 12.6. The standard InChI is InChI=1S/C19H22N4O3/c1-12-10-22(2)18(21-12)17-11-23(6-7-26-17)19(24)15-9-20-16-5-4-13(25-3)8-14(15)16/h4-5,8-10,17,20H,6-7,11H2,1-3H3. The van der Waals surface area contributed by atoms with Gasteiger partial charge in [0.15, 0.2) is 0 Å². The first-order valence-electron chi connectivity index (χ1n) is 8.62. The van der Waals surface area contributed by atoms with E-state index in [4.69, 9.17) is 9.47 Å². The van der Waals surface area contributed by atoms with Gasteiger partial charge in [0.1, 0.15) is 17.7 Å². The average molecular weight is 354 g/mol. The van der Waals surface area contributed by atoms with Crippen molar-refractivity contribution in [2.45, 2.75) is 13.0 Å². The predicted molar refractivity (Wildman–Crippen MR) is 97.4 cm³/mol. The summed E-state index contributed by atoms with van der Waals surface area (Å²) < 4.78 is 13.1. The third kappa shape index (κ3) is 2.84. The Hall–Kier alpha value is -2.80. The molecule has 0 aliphatic carbocycles. The first kappa shape index (κ1) is 16.7. The maximum Gasteiger partial charge on any atom is 0.256 e. The molecule has 1 fully saturated rings. The number of imidazole rings is 1. The zero-order valence-electron chi connectivity index (χ0n) is 15.2. The van der Waals surface area contributed by atoms with Crippen LogP contribution in [0, 0.1) is 6.92 Å². The molecule has 1 atom stereocenters. The number of amides is 1. The summed E-state index contributed by atoms with van der Waals surface area (Å²) in [5, 5.41) is 0.866. The summed E-state index contributed by atoms with van der Waals surface area (Å²) in [6, 6.07) is 5.68. The van der Waals surface area contributed by atoms with E-state index in [1.54, 1.807) is 13.3 Å². The van der Waals surface area contributed by atoms with E-state index in [9.17, 15) is 4.79 Å². The summed E-state index contributed by atoms with van der Waals surface area (Å²) in [4.78, 5) is 22.7. The highest BCUT2D eigenvalue weighted by Crippen LogP contribution is 2.27. The molecular formula is C19H22N4O3. The average Bonchev–Trinajstić information content (AvgIpc) is 3.23. The SMILES string of the molecule is COc1ccc2[nH]cc(C(=O)N3CCOC(c4nc(C)cn4C)C3)c2c1. The van der Waals surface area contributed by atoms with Crippen LogP contribution in [0.2, 0.25) is 0 Å². The van der Waals surface area contributed by atoms with E-state index in [0.29, 0.717) is 25.3 Å². The zero-order chi connectivity index (χ0) is 18.3. The van der Waals surface area contributed by atoms with Crippen LogP contribution in [-0.4, -0.2) is 52.1 Å². The van der Waals surface area contributed by atoms with E-state index in [1.807, 2.05) is 47.8 Å². The van der Waals surface area contributed by atoms with Crippen LogP contribution < -0.4 is 4.74 Å². The van der Waals surface area contributed by atoms with Crippen molar-refractivity contribution in [2.75, 3.05) is 26.8 Å². The molecule has 1 saturated heterocycles. The number of aromatic nitrogens is 3. The van der Waals surface area contributed by atoms with Crippen molar-refractivity contribution in [1.29, 1.82) is 0 Å². The molecule has 1 aliphatic rings. The molecule has 3 heterocycles. The molecule has 1 aliphatic heterocycles. The number of fused-ring (bicyclic) bond motifs is 1. The summed E-state index contributed by atoms with van der Waals surface area (Å²) in [6.45, 7) is 3.50. The normalized spacial score (nSPS) is 17.7. The number of carbonyl (C=O) groups excluding carboxylic acids is 1. The van der Waals surface area contributed by atoms with Gasteiger partial charge in [-0.3, -0.25) is 4.79 Å². The van der Waals surface area contributed by atoms with E-state index < -0.39 is 0 Å². The van der Waals surface area contributed by atoms with E-state index >= 15 is 0 Å². The van der Waals surface area contributed by atoms with Crippen molar-refractivity contribution in [3.05, 3.63) is 47.7 Å². The molecule has 7 nitrogen and oxygen atoms in total. The van der Waals surface area contributed by atoms with Gasteiger partial charge in [-0.15, -0.1) is 0 Å². The number of nitrogens with one attached hydrogen (secondary N) is 1. The highest BCUT2D eigenvalue weighted by atomic mass is 16.5. The predicted octanol–water partition coefficient (Wildman–Crippen LogP) is 2.43. The fourth-order valence-corrected chi connectivity index (χ4v) is 3.50. The van der Waals surface area contributed by atoms with Gasteiger partial charge in [0, 0.05) is 36.9 Å². The molecule has 2 aromatic heterocycles. The van der Waals surface area contributed by atoms with Crippen LogP contribution in [0.15, 0.2) is 30.6 Å². The van der Waals surface area contributed by atoms with Crippen molar-refractivity contribution in [3.63, 3.8) is 0 Å². The number of aromatic amines is 1. The van der Waals surface area contributed by atoms with Crippen molar-refractivity contribution in [2.24, 2.45) is 7.05 Å². The van der Waals surface area contributed by atoms with Crippen LogP contribution in [0.5, 0.6) is 5.75 Å². The lowest BCUT2D eigenvalue weighted by Crippen LogP contribution is -2.42. The van der Waals surface area contributed by atoms with Gasteiger partial charge in [-0.25, -0.2) is 4.98 Å². The maximum atomic E-state index is 13.1. The highest BCUT2D eigenvalue weighted by Gasteiger charge is 2.29. The Balaban J connectivity index is 1.61. The second-order valence-electron chi connectivity index (χ2n) is 6.58. The fraction of sp³-hybridized carbons (Fsp3) is 0.368. The number of hydrogen-bond acceptors (Lipinski definition) is 4. The van der Waals surface area contributed by atoms with Gasteiger partial charge in [0.25, 0.3) is 5.91 Å². The largest absolute Gasteiger partial charge is 0.497 e. The van der Waals surface area contributed by atoms with Crippen LogP contribution in [0.3, 0.4) is 0 Å². The number of morpholine rings is 1. The Morgan fingerprint density at radius 1 is 1.42 bits per heavy atom. The van der Waals surface area contributed by atoms with Crippen molar-refractivity contribution >= 4 is 16.8 Å². The maximum absolute atomic E-state index is 13.1. The van der Waals surface area contributed by atoms with Crippen LogP contribution in [0.1, 0.15) is 28.0 Å². The van der Waals surface area contributed by atoms with E-state index in [1.165, 1.54) is 0 Å². The van der Waals surface area contributed by atoms with Gasteiger partial charge in [-0.2, -0.15) is 0 Å². The van der Waals surface area contributed by atoms with E-state index in [0.717, 1.165) is 28.2 Å². The second kappa shape index (κ2) is 6.49. The number of methoxy groups -OCH3 is 1. The zero-order valence-corrected chi connectivity index (χ0v) is 15.2. The number of H-pyrrole nitrogens is 1. The van der Waals surface area contributed by atoms with Crippen LogP contribution in [0.25, 0.3) is 10.9 Å². The molecule has 1 amide bonds. The molecule has 136 valence electrons. The van der Waals surface area contributed by atoms with Crippen LogP contribution in [-0.2, 0) is 11.8 Å². The third-order valence-electron chi connectivity index (χ3n) is 4.79. The molecule has 7 heteroatoms. The Labute approximate surface area is 151 Å². The summed E-state index contributed by atoms with van der Waals surface area (Å²) in [6.07, 6.45) is 3.51. The van der Waals surface area contributed by atoms with Crippen molar-refractivity contribution in [1.82, 2.24) is 19.4 Å². The minimum absolute atomic E-state index is 0.0104. The van der Waals surface area contributed by atoms with E-state index in [2.05, 4.69) is 9.97 Å². The van der Waals surface area contributed by atoms with Gasteiger partial charge in [-0.05, 0) is 25.1 Å². The number of carbonyl (C=O) groups is 1. The molecule has 0 radical (unpaired) electrons. The molecule has 3 aromatic rings. The highest BCUT2D eigenvalue weighted by molar-refractivity contribution is 6.07. The lowest BCUT2D eigenvalue weighted by molar-refractivity contribution is -0.0278. The quantitative estimate of drug-likeness (QED) is 0.784. The Morgan fingerprint density at radius 2 is 2.27 bits per heavy atom. The molecule has 1 N–H and O–H groups in total. The number of nitrogens with zero attached hydrogens (tertiary/aromatic N) is 3. The smallest absolute Gasteiger partial charge is 0.256 e. The fourth-order valence-electron chi connectivity index (χ4n) is 3.50. The van der Waals surface area contributed by atoms with Gasteiger partial charge < -0.3 is 23.9 Å². The summed E-state index contributed by atoms with van der Waals surface area (Å²) in [5.74, 6) is 1.57. The molecular weight excluding hydrogens is 332 g/mol. The number of benzene rings is 1. The summed E-state index contributed by atoms with van der Waals surface area (Å²) in [7, 11) is 3.57. The Morgan fingerprint density at radius 3 is 3.00 bits per heavy atom. The first-order valence-corrected chi connectivity index (χ1v) is 8.62. The Kier molecular flexibility index (Phi) is 4.16. The molecule has 0 bridgehead atoms. The summed E-state index contributed by atoms with van der Waals surface area (Å²) in [5.41, 5.74) is 2.51. The summed E-state index contributed by atoms with van der Waals surface area (Å²) >= 11 is 0. The van der Waals surface area contributed by atoms with Crippen LogP contribution >= 0.6 is 0 Å². The van der Waals surface area contributed by atoms with Crippen molar-refractivity contribution < 1.29 is 14.3 Å². The van der Waals surface area contributed by atoms with E-state index in [-0.39, 0.29) is 12.0 Å². The lowest BCUT2D eigenvalue weighted by atomic mass is 10.1. The number of hydrogen-bond donors (Lipinski definition) is 1. The third-order valence-corrected chi connectivity index (χ3v) is 4.79. The second-order valence-corrected chi connectivity index (χ2v) is 6.58. The minimum atomic E-state index is -0.217. The number of aryl methyl sites for hydroxylation is 2. The topological polar surface area (TPSA) is 72.4 Å². The Bertz CT molecular complexity index is 959. The molecule has 1 aromatic carbocycles. The molecule has 26 heavy (non-hydrogen) atoms.